The molecule has 0 saturated heterocycles. The molecule has 0 aliphatic carbocycles. The van der Waals surface area contributed by atoms with Crippen LogP contribution in [0.4, 0.5) is 5.82 Å². The van der Waals surface area contributed by atoms with Crippen molar-refractivity contribution in [1.29, 1.82) is 0 Å². The second-order valence-corrected chi connectivity index (χ2v) is 5.79. The first kappa shape index (κ1) is 15.8. The third-order valence-electron chi connectivity index (χ3n) is 4.12. The number of hydrogen-bond acceptors (Lipinski definition) is 5. The van der Waals surface area contributed by atoms with Gasteiger partial charge in [-0.15, -0.1) is 0 Å². The fraction of sp³-hybridized carbons (Fsp3) is 0.118. The van der Waals surface area contributed by atoms with E-state index in [4.69, 9.17) is 0 Å². The van der Waals surface area contributed by atoms with Gasteiger partial charge in [-0.05, 0) is 11.5 Å². The number of nitrogens with one attached hydrogen (secondary N) is 2. The number of aromatic nitrogens is 5. The maximum atomic E-state index is 12.4. The molecule has 0 aliphatic rings. The molecule has 1 aromatic carbocycles. The Morgan fingerprint density at radius 3 is 2.85 bits per heavy atom. The molecule has 0 bridgehead atoms. The van der Waals surface area contributed by atoms with Crippen LogP contribution in [0.15, 0.2) is 52.4 Å². The number of H-pyrrole nitrogens is 1. The Morgan fingerprint density at radius 1 is 1.19 bits per heavy atom. The van der Waals surface area contributed by atoms with Gasteiger partial charge in [0.25, 0.3) is 5.56 Å². The number of fused-ring (bicyclic) bond motifs is 2. The van der Waals surface area contributed by atoms with Crippen molar-refractivity contribution in [3.8, 4) is 0 Å². The molecule has 2 N–H and O–H groups in total. The summed E-state index contributed by atoms with van der Waals surface area (Å²) in [5, 5.41) is 4.53. The molecule has 0 aliphatic heterocycles. The number of carbonyl (C=O) groups is 1. The van der Waals surface area contributed by atoms with Crippen LogP contribution < -0.4 is 16.6 Å². The number of rotatable bonds is 3. The predicted molar refractivity (Wildman–Crippen MR) is 96.0 cm³/mol. The van der Waals surface area contributed by atoms with Crippen molar-refractivity contribution < 1.29 is 4.79 Å². The molecule has 9 heteroatoms. The van der Waals surface area contributed by atoms with Crippen molar-refractivity contribution in [3.05, 3.63) is 63.7 Å². The van der Waals surface area contributed by atoms with Gasteiger partial charge < -0.3 is 9.88 Å². The number of imidazole rings is 1. The fourth-order valence-corrected chi connectivity index (χ4v) is 2.80. The number of amides is 1. The number of carbonyl (C=O) groups excluding carboxylic acids is 1. The Hall–Kier alpha value is -3.75. The average Bonchev–Trinajstić information content (AvgIpc) is 3.02. The summed E-state index contributed by atoms with van der Waals surface area (Å²) in [7, 11) is 1.36. The van der Waals surface area contributed by atoms with Gasteiger partial charge in [0, 0.05) is 18.6 Å². The van der Waals surface area contributed by atoms with Gasteiger partial charge in [-0.2, -0.15) is 0 Å². The molecule has 0 fully saturated rings. The molecule has 0 unspecified atom stereocenters. The second kappa shape index (κ2) is 5.96. The van der Waals surface area contributed by atoms with Crippen LogP contribution in [0.5, 0.6) is 0 Å². The number of hydrogen-bond donors (Lipinski definition) is 2. The molecular formula is C17H14N6O3. The minimum atomic E-state index is -0.558. The summed E-state index contributed by atoms with van der Waals surface area (Å²) < 4.78 is 2.33. The monoisotopic (exact) mass is 350 g/mol. The number of benzene rings is 1. The largest absolute Gasteiger partial charge is 0.329 e. The topological polar surface area (TPSA) is 115 Å². The van der Waals surface area contributed by atoms with Crippen LogP contribution in [0.1, 0.15) is 0 Å². The lowest BCUT2D eigenvalue weighted by molar-refractivity contribution is -0.116. The average molecular weight is 350 g/mol. The summed E-state index contributed by atoms with van der Waals surface area (Å²) in [6.45, 7) is -0.136. The van der Waals surface area contributed by atoms with E-state index >= 15 is 0 Å². The lowest BCUT2D eigenvalue weighted by atomic mass is 10.1. The maximum absolute atomic E-state index is 12.4. The van der Waals surface area contributed by atoms with Gasteiger partial charge in [0.15, 0.2) is 11.2 Å². The molecular weight excluding hydrogens is 336 g/mol. The second-order valence-electron chi connectivity index (χ2n) is 5.79. The van der Waals surface area contributed by atoms with Crippen LogP contribution in [-0.4, -0.2) is 30.0 Å². The van der Waals surface area contributed by atoms with E-state index in [1.807, 2.05) is 30.3 Å². The summed E-state index contributed by atoms with van der Waals surface area (Å²) in [5.41, 5.74) is -0.767. The molecule has 1 amide bonds. The zero-order valence-electron chi connectivity index (χ0n) is 13.8. The van der Waals surface area contributed by atoms with Crippen LogP contribution in [0.2, 0.25) is 0 Å². The molecule has 0 atom stereocenters. The van der Waals surface area contributed by atoms with E-state index in [2.05, 4.69) is 20.3 Å². The van der Waals surface area contributed by atoms with E-state index < -0.39 is 11.2 Å². The number of pyridine rings is 1. The van der Waals surface area contributed by atoms with E-state index in [0.717, 1.165) is 15.3 Å². The molecule has 0 spiro atoms. The van der Waals surface area contributed by atoms with Gasteiger partial charge in [0.1, 0.15) is 12.4 Å². The number of anilines is 1. The highest BCUT2D eigenvalue weighted by atomic mass is 16.2. The number of aromatic amines is 1. The van der Waals surface area contributed by atoms with Gasteiger partial charge in [0.2, 0.25) is 5.91 Å². The van der Waals surface area contributed by atoms with Crippen LogP contribution >= 0.6 is 0 Å². The third-order valence-corrected chi connectivity index (χ3v) is 4.12. The highest BCUT2D eigenvalue weighted by molar-refractivity contribution is 6.00. The first-order valence-electron chi connectivity index (χ1n) is 7.82. The van der Waals surface area contributed by atoms with Crippen LogP contribution in [-0.2, 0) is 18.4 Å². The first-order valence-corrected chi connectivity index (χ1v) is 7.82. The van der Waals surface area contributed by atoms with Crippen LogP contribution in [0.25, 0.3) is 21.9 Å². The van der Waals surface area contributed by atoms with Gasteiger partial charge in [0.05, 0.1) is 6.33 Å². The minimum absolute atomic E-state index is 0.136. The van der Waals surface area contributed by atoms with E-state index in [0.29, 0.717) is 5.82 Å². The molecule has 9 nitrogen and oxygen atoms in total. The summed E-state index contributed by atoms with van der Waals surface area (Å²) >= 11 is 0. The Bertz CT molecular complexity index is 1260. The number of nitrogens with zero attached hydrogens (tertiary/aromatic N) is 4. The quantitative estimate of drug-likeness (QED) is 0.562. The minimum Gasteiger partial charge on any atom is -0.315 e. The van der Waals surface area contributed by atoms with Crippen molar-refractivity contribution in [2.75, 3.05) is 5.32 Å². The zero-order valence-corrected chi connectivity index (χ0v) is 13.8. The van der Waals surface area contributed by atoms with Gasteiger partial charge in [-0.1, -0.05) is 24.3 Å². The fourth-order valence-electron chi connectivity index (χ4n) is 2.80. The Balaban J connectivity index is 1.67. The van der Waals surface area contributed by atoms with E-state index in [-0.39, 0.29) is 23.6 Å². The molecule has 0 radical (unpaired) electrons. The Morgan fingerprint density at radius 2 is 2.00 bits per heavy atom. The van der Waals surface area contributed by atoms with Crippen molar-refractivity contribution in [3.63, 3.8) is 0 Å². The van der Waals surface area contributed by atoms with Crippen molar-refractivity contribution in [1.82, 2.24) is 24.1 Å². The molecule has 3 aromatic heterocycles. The maximum Gasteiger partial charge on any atom is 0.329 e. The molecule has 130 valence electrons. The summed E-state index contributed by atoms with van der Waals surface area (Å²) in [6.07, 6.45) is 2.96. The van der Waals surface area contributed by atoms with Gasteiger partial charge in [-0.3, -0.25) is 19.1 Å². The van der Waals surface area contributed by atoms with Crippen LogP contribution in [0, 0.1) is 0 Å². The smallest absolute Gasteiger partial charge is 0.315 e. The van der Waals surface area contributed by atoms with Crippen molar-refractivity contribution >= 4 is 33.7 Å². The molecule has 3 heterocycles. The van der Waals surface area contributed by atoms with Crippen LogP contribution in [0.3, 0.4) is 0 Å². The predicted octanol–water partition coefficient (Wildman–Crippen LogP) is 0.610. The lowest BCUT2D eigenvalue weighted by Gasteiger charge is -2.08. The Kier molecular flexibility index (Phi) is 3.61. The van der Waals surface area contributed by atoms with Gasteiger partial charge >= 0.3 is 5.69 Å². The summed E-state index contributed by atoms with van der Waals surface area (Å²) in [4.78, 5) is 47.1. The van der Waals surface area contributed by atoms with Crippen molar-refractivity contribution in [2.45, 2.75) is 6.54 Å². The standard InChI is InChI=1S/C17H14N6O3/c1-22-16(25)13-15(21-17(22)26)19-9-23(13)8-12(24)20-14-11-5-3-2-4-10(11)6-7-18-14/h2-7,9H,8H2,1H3,(H,21,26)(H,18,20,24). The van der Waals surface area contributed by atoms with E-state index in [1.165, 1.54) is 17.9 Å². The third kappa shape index (κ3) is 2.55. The normalized spacial score (nSPS) is 11.1. The molecule has 26 heavy (non-hydrogen) atoms. The van der Waals surface area contributed by atoms with Gasteiger partial charge in [-0.25, -0.2) is 14.8 Å². The highest BCUT2D eigenvalue weighted by Gasteiger charge is 2.14. The van der Waals surface area contributed by atoms with Crippen molar-refractivity contribution in [2.24, 2.45) is 7.05 Å². The lowest BCUT2D eigenvalue weighted by Crippen LogP contribution is -2.33. The first-order chi connectivity index (χ1) is 12.5. The zero-order chi connectivity index (χ0) is 18.3. The highest BCUT2D eigenvalue weighted by Crippen LogP contribution is 2.20. The molecule has 4 aromatic rings. The summed E-state index contributed by atoms with van der Waals surface area (Å²) in [5.74, 6) is 0.0836. The van der Waals surface area contributed by atoms with E-state index in [1.54, 1.807) is 6.20 Å². The summed E-state index contributed by atoms with van der Waals surface area (Å²) in [6, 6.07) is 9.42. The molecule has 4 rings (SSSR count). The SMILES string of the molecule is Cn1c(=O)[nH]c2ncn(CC(=O)Nc3nccc4ccccc34)c2c1=O. The Labute approximate surface area is 145 Å². The van der Waals surface area contributed by atoms with E-state index in [9.17, 15) is 14.4 Å². The molecule has 0 saturated carbocycles.